The number of nitrogens with two attached hydrogens (primary N) is 1. The van der Waals surface area contributed by atoms with Crippen LogP contribution in [0.2, 0.25) is 0 Å². The number of H-pyrrole nitrogens is 1. The first-order valence-electron chi connectivity index (χ1n) is 3.15. The molecular formula is C6H9N3. The van der Waals surface area contributed by atoms with Gasteiger partial charge in [-0.2, -0.15) is 5.10 Å². The summed E-state index contributed by atoms with van der Waals surface area (Å²) < 4.78 is 0. The Hall–Kier alpha value is -0.830. The van der Waals surface area contributed by atoms with Crippen LogP contribution in [-0.4, -0.2) is 10.2 Å². The Balaban J connectivity index is 2.49. The van der Waals surface area contributed by atoms with E-state index in [1.54, 1.807) is 0 Å². The highest BCUT2D eigenvalue weighted by molar-refractivity contribution is 5.24. The Morgan fingerprint density at radius 3 is 3.44 bits per heavy atom. The van der Waals surface area contributed by atoms with Gasteiger partial charge in [0.2, 0.25) is 0 Å². The lowest BCUT2D eigenvalue weighted by Gasteiger charge is -1.96. The molecule has 1 aliphatic rings. The second-order valence-electron chi connectivity index (χ2n) is 2.45. The summed E-state index contributed by atoms with van der Waals surface area (Å²) in [5.74, 6) is 0. The summed E-state index contributed by atoms with van der Waals surface area (Å²) in [6.45, 7) is 0. The van der Waals surface area contributed by atoms with Gasteiger partial charge in [0.25, 0.3) is 0 Å². The number of aromatic nitrogens is 2. The molecule has 48 valence electrons. The van der Waals surface area contributed by atoms with Crippen LogP contribution in [0.3, 0.4) is 0 Å². The van der Waals surface area contributed by atoms with Crippen LogP contribution < -0.4 is 5.73 Å². The molecule has 0 saturated heterocycles. The molecule has 1 heterocycles. The van der Waals surface area contributed by atoms with Gasteiger partial charge in [0.05, 0.1) is 11.9 Å². The third kappa shape index (κ3) is 0.580. The van der Waals surface area contributed by atoms with Gasteiger partial charge in [-0.05, 0) is 18.4 Å². The van der Waals surface area contributed by atoms with Crippen LogP contribution in [0.1, 0.15) is 23.7 Å². The highest BCUT2D eigenvalue weighted by Crippen LogP contribution is 2.25. The average molecular weight is 123 g/mol. The molecule has 0 saturated carbocycles. The first kappa shape index (κ1) is 4.99. The fourth-order valence-corrected chi connectivity index (χ4v) is 1.30. The summed E-state index contributed by atoms with van der Waals surface area (Å²) in [5.41, 5.74) is 8.15. The Morgan fingerprint density at radius 1 is 1.78 bits per heavy atom. The van der Waals surface area contributed by atoms with Crippen molar-refractivity contribution in [3.63, 3.8) is 0 Å². The van der Waals surface area contributed by atoms with Crippen molar-refractivity contribution < 1.29 is 0 Å². The normalized spacial score (nSPS) is 24.3. The molecule has 1 aromatic rings. The maximum absolute atomic E-state index is 5.72. The summed E-state index contributed by atoms with van der Waals surface area (Å²) in [7, 11) is 0. The number of nitrogens with one attached hydrogen (secondary N) is 1. The molecule has 0 bridgehead atoms. The van der Waals surface area contributed by atoms with Crippen molar-refractivity contribution in [1.82, 2.24) is 10.2 Å². The molecule has 3 nitrogen and oxygen atoms in total. The minimum absolute atomic E-state index is 0.211. The van der Waals surface area contributed by atoms with Crippen LogP contribution in [0.5, 0.6) is 0 Å². The van der Waals surface area contributed by atoms with E-state index in [1.807, 2.05) is 6.20 Å². The van der Waals surface area contributed by atoms with Crippen molar-refractivity contribution in [3.8, 4) is 0 Å². The summed E-state index contributed by atoms with van der Waals surface area (Å²) in [6.07, 6.45) is 4.03. The molecule has 0 aliphatic heterocycles. The molecule has 3 heteroatoms. The molecule has 0 amide bonds. The van der Waals surface area contributed by atoms with Crippen molar-refractivity contribution in [1.29, 1.82) is 0 Å². The van der Waals surface area contributed by atoms with Gasteiger partial charge in [0.1, 0.15) is 0 Å². The minimum Gasteiger partial charge on any atom is -0.323 e. The monoisotopic (exact) mass is 123 g/mol. The summed E-state index contributed by atoms with van der Waals surface area (Å²) in [5, 5.41) is 6.78. The SMILES string of the molecule is NC1CCc2cn[nH]c21. The summed E-state index contributed by atoms with van der Waals surface area (Å²) in [6, 6.07) is 0.211. The van der Waals surface area contributed by atoms with Gasteiger partial charge in [-0.1, -0.05) is 0 Å². The smallest absolute Gasteiger partial charge is 0.0551 e. The average Bonchev–Trinajstić information content (AvgIpc) is 2.35. The van der Waals surface area contributed by atoms with Crippen LogP contribution in [-0.2, 0) is 6.42 Å². The number of nitrogens with zero attached hydrogens (tertiary/aromatic N) is 1. The lowest BCUT2D eigenvalue weighted by atomic mass is 10.3. The van der Waals surface area contributed by atoms with E-state index in [9.17, 15) is 0 Å². The minimum atomic E-state index is 0.211. The number of rotatable bonds is 0. The summed E-state index contributed by atoms with van der Waals surface area (Å²) in [4.78, 5) is 0. The molecule has 3 N–H and O–H groups in total. The van der Waals surface area contributed by atoms with Crippen molar-refractivity contribution in [3.05, 3.63) is 17.5 Å². The van der Waals surface area contributed by atoms with E-state index in [0.29, 0.717) is 0 Å². The van der Waals surface area contributed by atoms with Gasteiger partial charge in [-0.15, -0.1) is 0 Å². The standard InChI is InChI=1S/C6H9N3/c7-5-2-1-4-3-8-9-6(4)5/h3,5H,1-2,7H2,(H,8,9). The van der Waals surface area contributed by atoms with Crippen molar-refractivity contribution in [2.45, 2.75) is 18.9 Å². The quantitative estimate of drug-likeness (QED) is 0.523. The number of aromatic amines is 1. The van der Waals surface area contributed by atoms with Crippen LogP contribution >= 0.6 is 0 Å². The molecule has 2 rings (SSSR count). The zero-order chi connectivity index (χ0) is 6.27. The van der Waals surface area contributed by atoms with Gasteiger partial charge >= 0.3 is 0 Å². The Morgan fingerprint density at radius 2 is 2.67 bits per heavy atom. The third-order valence-electron chi connectivity index (χ3n) is 1.85. The number of aryl methyl sites for hydroxylation is 1. The van der Waals surface area contributed by atoms with Gasteiger partial charge < -0.3 is 5.73 Å². The van der Waals surface area contributed by atoms with Crippen LogP contribution in [0, 0.1) is 0 Å². The molecule has 0 fully saturated rings. The fourth-order valence-electron chi connectivity index (χ4n) is 1.30. The molecular weight excluding hydrogens is 114 g/mol. The third-order valence-corrected chi connectivity index (χ3v) is 1.85. The van der Waals surface area contributed by atoms with Crippen LogP contribution in [0.25, 0.3) is 0 Å². The molecule has 1 unspecified atom stereocenters. The van der Waals surface area contributed by atoms with Crippen LogP contribution in [0.15, 0.2) is 6.20 Å². The van der Waals surface area contributed by atoms with Crippen LogP contribution in [0.4, 0.5) is 0 Å². The van der Waals surface area contributed by atoms with E-state index in [4.69, 9.17) is 5.73 Å². The zero-order valence-corrected chi connectivity index (χ0v) is 5.09. The van der Waals surface area contributed by atoms with Gasteiger partial charge in [-0.25, -0.2) is 0 Å². The Bertz CT molecular complexity index is 216. The predicted octanol–water partition coefficient (Wildman–Crippen LogP) is 0.356. The largest absolute Gasteiger partial charge is 0.323 e. The molecule has 1 atom stereocenters. The molecule has 1 aromatic heterocycles. The van der Waals surface area contributed by atoms with E-state index < -0.39 is 0 Å². The first-order valence-corrected chi connectivity index (χ1v) is 3.15. The number of hydrogen-bond donors (Lipinski definition) is 2. The highest BCUT2D eigenvalue weighted by Gasteiger charge is 2.19. The zero-order valence-electron chi connectivity index (χ0n) is 5.09. The lowest BCUT2D eigenvalue weighted by molar-refractivity contribution is 0.685. The van der Waals surface area contributed by atoms with Crippen molar-refractivity contribution in [2.75, 3.05) is 0 Å². The number of hydrogen-bond acceptors (Lipinski definition) is 2. The highest BCUT2D eigenvalue weighted by atomic mass is 15.1. The molecule has 0 spiro atoms. The predicted molar refractivity (Wildman–Crippen MR) is 33.8 cm³/mol. The molecule has 1 aliphatic carbocycles. The van der Waals surface area contributed by atoms with Gasteiger partial charge in [0.15, 0.2) is 0 Å². The summed E-state index contributed by atoms with van der Waals surface area (Å²) >= 11 is 0. The lowest BCUT2D eigenvalue weighted by Crippen LogP contribution is -2.05. The van der Waals surface area contributed by atoms with E-state index in [1.165, 1.54) is 5.56 Å². The fraction of sp³-hybridized carbons (Fsp3) is 0.500. The van der Waals surface area contributed by atoms with E-state index in [0.717, 1.165) is 18.5 Å². The second-order valence-corrected chi connectivity index (χ2v) is 2.45. The van der Waals surface area contributed by atoms with Gasteiger partial charge in [-0.3, -0.25) is 5.10 Å². The Labute approximate surface area is 53.3 Å². The first-order chi connectivity index (χ1) is 4.38. The maximum Gasteiger partial charge on any atom is 0.0551 e. The van der Waals surface area contributed by atoms with E-state index >= 15 is 0 Å². The molecule has 0 aromatic carbocycles. The van der Waals surface area contributed by atoms with E-state index in [2.05, 4.69) is 10.2 Å². The van der Waals surface area contributed by atoms with E-state index in [-0.39, 0.29) is 6.04 Å². The number of fused-ring (bicyclic) bond motifs is 1. The molecule has 0 radical (unpaired) electrons. The Kier molecular flexibility index (Phi) is 0.873. The second kappa shape index (κ2) is 1.57. The van der Waals surface area contributed by atoms with Crippen molar-refractivity contribution in [2.24, 2.45) is 5.73 Å². The topological polar surface area (TPSA) is 54.7 Å². The van der Waals surface area contributed by atoms with Crippen molar-refractivity contribution >= 4 is 0 Å². The molecule has 9 heavy (non-hydrogen) atoms. The maximum atomic E-state index is 5.72. The van der Waals surface area contributed by atoms with Gasteiger partial charge in [0, 0.05) is 6.04 Å².